The van der Waals surface area contributed by atoms with E-state index in [-0.39, 0.29) is 12.6 Å². The van der Waals surface area contributed by atoms with Crippen LogP contribution in [-0.2, 0) is 61.6 Å². The second-order valence-electron chi connectivity index (χ2n) is 9.24. The van der Waals surface area contributed by atoms with E-state index >= 15 is 0 Å². The summed E-state index contributed by atoms with van der Waals surface area (Å²) < 4.78 is 70.1. The van der Waals surface area contributed by atoms with Gasteiger partial charge in [-0.25, -0.2) is 0 Å². The Hall–Kier alpha value is -1.95. The van der Waals surface area contributed by atoms with Crippen LogP contribution in [0.25, 0.3) is 0 Å². The lowest BCUT2D eigenvalue weighted by atomic mass is 10.3. The minimum atomic E-state index is -0.312. The average Bonchev–Trinajstić information content (AvgIpc) is 3.06. The molecule has 0 spiro atoms. The fraction of sp³-hybridized carbons (Fsp3) is 0.781. The molecule has 0 aliphatic carbocycles. The fourth-order valence-electron chi connectivity index (χ4n) is 3.28. The van der Waals surface area contributed by atoms with E-state index in [0.717, 1.165) is 5.75 Å². The second-order valence-corrected chi connectivity index (χ2v) is 9.24. The van der Waals surface area contributed by atoms with Crippen LogP contribution in [0.5, 0.6) is 5.75 Å². The second kappa shape index (κ2) is 35.9. The third-order valence-corrected chi connectivity index (χ3v) is 5.49. The van der Waals surface area contributed by atoms with E-state index in [1.807, 2.05) is 30.3 Å². The monoisotopic (exact) mass is 664 g/mol. The van der Waals surface area contributed by atoms with Gasteiger partial charge in [0.05, 0.1) is 145 Å². The average molecular weight is 665 g/mol. The molecule has 0 saturated carbocycles. The third-order valence-electron chi connectivity index (χ3n) is 5.49. The van der Waals surface area contributed by atoms with Crippen LogP contribution in [0.2, 0.25) is 0 Å². The summed E-state index contributed by atoms with van der Waals surface area (Å²) in [5, 5.41) is 0. The molecule has 14 heteroatoms. The summed E-state index contributed by atoms with van der Waals surface area (Å²) in [5.41, 5.74) is 0. The highest BCUT2D eigenvalue weighted by molar-refractivity contribution is 5.65. The zero-order valence-corrected chi connectivity index (χ0v) is 27.6. The van der Waals surface area contributed by atoms with Crippen molar-refractivity contribution in [3.05, 3.63) is 30.3 Å². The number of carbonyl (C=O) groups is 1. The normalized spacial score (nSPS) is 11.2. The summed E-state index contributed by atoms with van der Waals surface area (Å²) in [6.45, 7) is 12.9. The summed E-state index contributed by atoms with van der Waals surface area (Å²) in [4.78, 5) is 10.6. The van der Waals surface area contributed by atoms with Gasteiger partial charge in [-0.2, -0.15) is 0 Å². The van der Waals surface area contributed by atoms with Crippen molar-refractivity contribution in [2.24, 2.45) is 0 Å². The zero-order valence-electron chi connectivity index (χ0n) is 27.6. The highest BCUT2D eigenvalue weighted by Crippen LogP contribution is 2.07. The molecule has 0 aliphatic heterocycles. The molecule has 0 N–H and O–H groups in total. The molecule has 0 atom stereocenters. The first-order valence-corrected chi connectivity index (χ1v) is 16.0. The smallest absolute Gasteiger partial charge is 0.302 e. The molecule has 0 aliphatic rings. The maximum atomic E-state index is 10.6. The van der Waals surface area contributed by atoms with Crippen LogP contribution in [0, 0.1) is 0 Å². The van der Waals surface area contributed by atoms with Gasteiger partial charge in [0.15, 0.2) is 0 Å². The molecule has 14 nitrogen and oxygen atoms in total. The predicted molar refractivity (Wildman–Crippen MR) is 168 cm³/mol. The van der Waals surface area contributed by atoms with Crippen molar-refractivity contribution in [2.75, 3.05) is 159 Å². The van der Waals surface area contributed by atoms with Gasteiger partial charge in [-0.3, -0.25) is 4.79 Å². The lowest BCUT2D eigenvalue weighted by Gasteiger charge is -2.09. The van der Waals surface area contributed by atoms with Crippen molar-refractivity contribution in [1.29, 1.82) is 0 Å². The van der Waals surface area contributed by atoms with Crippen molar-refractivity contribution < 1.29 is 66.4 Å². The van der Waals surface area contributed by atoms with Crippen LogP contribution in [-0.4, -0.2) is 165 Å². The molecule has 1 rings (SSSR count). The number of benzene rings is 1. The first kappa shape index (κ1) is 42.1. The Morgan fingerprint density at radius 2 is 0.609 bits per heavy atom. The van der Waals surface area contributed by atoms with E-state index in [0.29, 0.717) is 152 Å². The molecule has 46 heavy (non-hydrogen) atoms. The number of carbonyl (C=O) groups excluding carboxylic acids is 1. The number of esters is 1. The van der Waals surface area contributed by atoms with Gasteiger partial charge in [0, 0.05) is 6.92 Å². The maximum absolute atomic E-state index is 10.6. The van der Waals surface area contributed by atoms with Crippen molar-refractivity contribution in [3.63, 3.8) is 0 Å². The van der Waals surface area contributed by atoms with E-state index in [9.17, 15) is 4.79 Å². The number of rotatable bonds is 37. The van der Waals surface area contributed by atoms with E-state index < -0.39 is 0 Å². The fourth-order valence-corrected chi connectivity index (χ4v) is 3.28. The highest BCUT2D eigenvalue weighted by Gasteiger charge is 1.97. The van der Waals surface area contributed by atoms with E-state index in [4.69, 9.17) is 61.6 Å². The van der Waals surface area contributed by atoms with Crippen LogP contribution in [0.4, 0.5) is 0 Å². The van der Waals surface area contributed by atoms with Gasteiger partial charge in [-0.15, -0.1) is 0 Å². The molecule has 1 aromatic rings. The Kier molecular flexibility index (Phi) is 32.8. The lowest BCUT2D eigenvalue weighted by molar-refractivity contribution is -0.142. The lowest BCUT2D eigenvalue weighted by Crippen LogP contribution is -2.15. The van der Waals surface area contributed by atoms with Crippen molar-refractivity contribution in [2.45, 2.75) is 6.92 Å². The van der Waals surface area contributed by atoms with E-state index in [2.05, 4.69) is 0 Å². The first-order chi connectivity index (χ1) is 22.8. The van der Waals surface area contributed by atoms with Gasteiger partial charge in [-0.1, -0.05) is 18.2 Å². The largest absolute Gasteiger partial charge is 0.491 e. The quantitative estimate of drug-likeness (QED) is 0.0755. The Bertz CT molecular complexity index is 743. The summed E-state index contributed by atoms with van der Waals surface area (Å²) >= 11 is 0. The van der Waals surface area contributed by atoms with Crippen LogP contribution < -0.4 is 4.74 Å². The molecular weight excluding hydrogens is 608 g/mol. The summed E-state index contributed by atoms with van der Waals surface area (Å²) in [6.07, 6.45) is 0. The minimum absolute atomic E-state index is 0.257. The van der Waals surface area contributed by atoms with E-state index in [1.54, 1.807) is 0 Å². The molecule has 0 aromatic heterocycles. The van der Waals surface area contributed by atoms with Crippen LogP contribution in [0.15, 0.2) is 30.3 Å². The topological polar surface area (TPSA) is 137 Å². The van der Waals surface area contributed by atoms with Crippen molar-refractivity contribution >= 4 is 5.97 Å². The van der Waals surface area contributed by atoms with Crippen molar-refractivity contribution in [1.82, 2.24) is 0 Å². The molecule has 268 valence electrons. The first-order valence-electron chi connectivity index (χ1n) is 16.0. The molecule has 0 saturated heterocycles. The Balaban J connectivity index is 1.61. The molecule has 0 amide bonds. The summed E-state index contributed by atoms with van der Waals surface area (Å²) in [6, 6.07) is 9.66. The van der Waals surface area contributed by atoms with Gasteiger partial charge in [0.1, 0.15) is 19.0 Å². The third kappa shape index (κ3) is 33.4. The SMILES string of the molecule is CC(=O)OCCOCCOCCOCCOCCOCCOCCOCCOCCOCCOCCOCCOc1ccccc1. The zero-order chi connectivity index (χ0) is 32.9. The molecule has 1 aromatic carbocycles. The van der Waals surface area contributed by atoms with Gasteiger partial charge >= 0.3 is 5.97 Å². The molecule has 0 bridgehead atoms. The van der Waals surface area contributed by atoms with Gasteiger partial charge in [-0.05, 0) is 12.1 Å². The standard InChI is InChI=1S/C32H56O14/c1-31(33)45-29-27-43-25-23-41-21-19-39-17-15-37-13-11-35-9-7-34-8-10-36-12-14-38-16-18-40-20-22-42-24-26-44-28-30-46-32-5-3-2-4-6-32/h2-6H,7-30H2,1H3. The Morgan fingerprint density at radius 1 is 0.370 bits per heavy atom. The van der Waals surface area contributed by atoms with Crippen LogP contribution in [0.1, 0.15) is 6.92 Å². The number of ether oxygens (including phenoxy) is 13. The van der Waals surface area contributed by atoms with E-state index in [1.165, 1.54) is 6.92 Å². The number of hydrogen-bond donors (Lipinski definition) is 0. The van der Waals surface area contributed by atoms with Gasteiger partial charge in [0.2, 0.25) is 0 Å². The Morgan fingerprint density at radius 3 is 0.870 bits per heavy atom. The van der Waals surface area contributed by atoms with Crippen LogP contribution >= 0.6 is 0 Å². The minimum Gasteiger partial charge on any atom is -0.491 e. The number of hydrogen-bond acceptors (Lipinski definition) is 14. The molecule has 0 radical (unpaired) electrons. The van der Waals surface area contributed by atoms with Gasteiger partial charge < -0.3 is 61.6 Å². The molecule has 0 unspecified atom stereocenters. The molecule has 0 heterocycles. The van der Waals surface area contributed by atoms with Crippen molar-refractivity contribution in [3.8, 4) is 5.75 Å². The summed E-state index contributed by atoms with van der Waals surface area (Å²) in [5.74, 6) is 0.529. The Labute approximate surface area is 274 Å². The number of para-hydroxylation sites is 1. The molecular formula is C32H56O14. The predicted octanol–water partition coefficient (Wildman–Crippen LogP) is 1.81. The molecule has 0 fully saturated rings. The highest BCUT2D eigenvalue weighted by atomic mass is 16.6. The summed E-state index contributed by atoms with van der Waals surface area (Å²) in [7, 11) is 0. The maximum Gasteiger partial charge on any atom is 0.302 e. The van der Waals surface area contributed by atoms with Gasteiger partial charge in [0.25, 0.3) is 0 Å². The van der Waals surface area contributed by atoms with Crippen LogP contribution in [0.3, 0.4) is 0 Å².